The largest absolute Gasteiger partial charge is 0.390 e. The lowest BCUT2D eigenvalue weighted by molar-refractivity contribution is -0.156. The van der Waals surface area contributed by atoms with Gasteiger partial charge in [0.05, 0.1) is 12.6 Å². The fourth-order valence-corrected chi connectivity index (χ4v) is 10.4. The van der Waals surface area contributed by atoms with Crippen LogP contribution in [0.5, 0.6) is 0 Å². The molecule has 12 atom stereocenters. The van der Waals surface area contributed by atoms with Gasteiger partial charge in [0.1, 0.15) is 60.4 Å². The van der Waals surface area contributed by atoms with Crippen molar-refractivity contribution in [2.75, 3.05) is 48.8 Å². The number of aliphatic hydroxyl groups is 1. The molecule has 23 heteroatoms. The van der Waals surface area contributed by atoms with Crippen molar-refractivity contribution in [2.45, 2.75) is 223 Å². The van der Waals surface area contributed by atoms with Crippen molar-refractivity contribution in [3.05, 3.63) is 12.2 Å². The molecule has 0 aromatic heterocycles. The van der Waals surface area contributed by atoms with Crippen LogP contribution in [0.2, 0.25) is 0 Å². The molecule has 480 valence electrons. The summed E-state index contributed by atoms with van der Waals surface area (Å²) >= 11 is 0. The normalized spacial score (nSPS) is 27.0. The molecule has 11 amide bonds. The van der Waals surface area contributed by atoms with E-state index in [4.69, 9.17) is 0 Å². The van der Waals surface area contributed by atoms with Gasteiger partial charge in [-0.25, -0.2) is 0 Å². The van der Waals surface area contributed by atoms with E-state index in [-0.39, 0.29) is 55.8 Å². The zero-order chi connectivity index (χ0) is 65.1. The van der Waals surface area contributed by atoms with Gasteiger partial charge in [-0.3, -0.25) is 52.7 Å². The van der Waals surface area contributed by atoms with Gasteiger partial charge in [-0.2, -0.15) is 0 Å². The van der Waals surface area contributed by atoms with Crippen LogP contribution in [0.25, 0.3) is 0 Å². The Hall–Kier alpha value is -6.13. The third-order valence-corrected chi connectivity index (χ3v) is 15.6. The first-order chi connectivity index (χ1) is 38.8. The number of hydrogen-bond acceptors (Lipinski definition) is 12. The average molecular weight is 1190 g/mol. The SMILES string of the molecule is C/C=C/C[C@@H](C)[C@@H](O)[C@H]1C(=O)N[C@@H](CC)C(=O)N(C)CC(=O)N(C)[C@@H](CC(C)C)C(=O)N[C@@H](C(C)C)C(=O)N(C)[C@@H](CC(C)C)C(=O)N[C@@H](C)C(=O)N[C@H](C)C(=O)N[C@@H](CC(C)C)C(=O)N(C)[C@@H](CC(C)C)C(=O)N(C)[C@@H](C(C)C)C(=O)N1C. The van der Waals surface area contributed by atoms with Crippen LogP contribution < -0.4 is 26.6 Å². The van der Waals surface area contributed by atoms with E-state index in [0.29, 0.717) is 6.42 Å². The second-order valence-electron chi connectivity index (χ2n) is 25.7. The van der Waals surface area contributed by atoms with Crippen LogP contribution in [0.15, 0.2) is 12.2 Å². The highest BCUT2D eigenvalue weighted by molar-refractivity contribution is 5.99. The number of likely N-dealkylation sites (N-methyl/N-ethyl adjacent to an activating group) is 6. The van der Waals surface area contributed by atoms with Gasteiger partial charge >= 0.3 is 0 Å². The van der Waals surface area contributed by atoms with E-state index in [1.165, 1.54) is 75.7 Å². The number of aliphatic hydroxyl groups excluding tert-OH is 1. The molecule has 6 N–H and O–H groups in total. The summed E-state index contributed by atoms with van der Waals surface area (Å²) in [6, 6.07) is -12.4. The van der Waals surface area contributed by atoms with Crippen LogP contribution in [0.1, 0.15) is 156 Å². The van der Waals surface area contributed by atoms with Crippen LogP contribution in [0, 0.1) is 41.4 Å². The minimum atomic E-state index is -1.61. The van der Waals surface area contributed by atoms with E-state index < -0.39 is 156 Å². The number of carbonyl (C=O) groups excluding carboxylic acids is 11. The zero-order valence-corrected chi connectivity index (χ0v) is 55.1. The molecule has 0 aliphatic carbocycles. The number of allylic oxidation sites excluding steroid dienone is 2. The Balaban J connectivity index is 4.27. The van der Waals surface area contributed by atoms with E-state index in [1.807, 2.05) is 55.4 Å². The lowest BCUT2D eigenvalue weighted by Crippen LogP contribution is -2.63. The summed E-state index contributed by atoms with van der Waals surface area (Å²) in [5.74, 6) is -9.86. The summed E-state index contributed by atoms with van der Waals surface area (Å²) in [6.45, 7) is 29.2. The van der Waals surface area contributed by atoms with Crippen molar-refractivity contribution in [1.29, 1.82) is 0 Å². The number of nitrogens with zero attached hydrogens (tertiary/aromatic N) is 6. The summed E-state index contributed by atoms with van der Waals surface area (Å²) in [6.07, 6.45) is 3.01. The second-order valence-corrected chi connectivity index (χ2v) is 25.7. The summed E-state index contributed by atoms with van der Waals surface area (Å²) in [5, 5.41) is 25.7. The van der Waals surface area contributed by atoms with Crippen LogP contribution in [0.4, 0.5) is 0 Å². The smallest absolute Gasteiger partial charge is 0.246 e. The van der Waals surface area contributed by atoms with E-state index in [1.54, 1.807) is 60.6 Å². The summed E-state index contributed by atoms with van der Waals surface area (Å²) in [7, 11) is 8.44. The van der Waals surface area contributed by atoms with Gasteiger partial charge < -0.3 is 61.1 Å². The van der Waals surface area contributed by atoms with E-state index in [9.17, 15) is 48.3 Å². The highest BCUT2D eigenvalue weighted by Crippen LogP contribution is 2.25. The first-order valence-electron chi connectivity index (χ1n) is 30.2. The van der Waals surface area contributed by atoms with Gasteiger partial charge in [0.15, 0.2) is 0 Å². The van der Waals surface area contributed by atoms with Gasteiger partial charge in [-0.15, -0.1) is 0 Å². The fourth-order valence-electron chi connectivity index (χ4n) is 10.4. The van der Waals surface area contributed by atoms with Crippen LogP contribution >= 0.6 is 0 Å². The number of rotatable bonds is 15. The molecule has 0 radical (unpaired) electrons. The molecule has 0 aromatic rings. The molecule has 23 nitrogen and oxygen atoms in total. The van der Waals surface area contributed by atoms with Crippen LogP contribution in [-0.4, -0.2) is 215 Å². The highest BCUT2D eigenvalue weighted by Gasteiger charge is 2.45. The van der Waals surface area contributed by atoms with Gasteiger partial charge in [-0.05, 0) is 101 Å². The van der Waals surface area contributed by atoms with Crippen molar-refractivity contribution >= 4 is 65.0 Å². The lowest BCUT2D eigenvalue weighted by atomic mass is 9.91. The molecule has 1 rings (SSSR count). The van der Waals surface area contributed by atoms with Crippen molar-refractivity contribution in [2.24, 2.45) is 41.4 Å². The maximum atomic E-state index is 15.1. The van der Waals surface area contributed by atoms with Crippen LogP contribution in [0.3, 0.4) is 0 Å². The molecule has 84 heavy (non-hydrogen) atoms. The summed E-state index contributed by atoms with van der Waals surface area (Å²) in [4.78, 5) is 166. The molecule has 0 bridgehead atoms. The minimum Gasteiger partial charge on any atom is -0.390 e. The van der Waals surface area contributed by atoms with E-state index in [2.05, 4.69) is 26.6 Å². The van der Waals surface area contributed by atoms with Crippen LogP contribution in [-0.2, 0) is 52.7 Å². The maximum absolute atomic E-state index is 15.1. The topological polar surface area (TPSA) is 288 Å². The van der Waals surface area contributed by atoms with Gasteiger partial charge in [0.25, 0.3) is 0 Å². The van der Waals surface area contributed by atoms with Gasteiger partial charge in [0.2, 0.25) is 65.0 Å². The predicted octanol–water partition coefficient (Wildman–Crippen LogP) is 2.93. The average Bonchev–Trinajstić information content (AvgIpc) is 3.62. The highest BCUT2D eigenvalue weighted by atomic mass is 16.3. The number of hydrogen-bond donors (Lipinski definition) is 6. The van der Waals surface area contributed by atoms with Crippen molar-refractivity contribution in [1.82, 2.24) is 56.0 Å². The zero-order valence-electron chi connectivity index (χ0n) is 55.1. The van der Waals surface area contributed by atoms with E-state index >= 15 is 9.59 Å². The Morgan fingerprint density at radius 1 is 0.464 bits per heavy atom. The van der Waals surface area contributed by atoms with Gasteiger partial charge in [0, 0.05) is 42.3 Å². The van der Waals surface area contributed by atoms with Gasteiger partial charge in [-0.1, -0.05) is 109 Å². The molecule has 0 unspecified atom stereocenters. The predicted molar refractivity (Wildman–Crippen MR) is 324 cm³/mol. The minimum absolute atomic E-state index is 0.0226. The van der Waals surface area contributed by atoms with Crippen molar-refractivity contribution < 1.29 is 57.8 Å². The second kappa shape index (κ2) is 34.7. The fraction of sp³-hybridized carbons (Fsp3) is 0.787. The van der Waals surface area contributed by atoms with E-state index in [0.717, 1.165) is 9.80 Å². The first kappa shape index (κ1) is 75.9. The molecule has 1 aliphatic heterocycles. The monoisotopic (exact) mass is 1190 g/mol. The Kier molecular flexibility index (Phi) is 31.4. The molecule has 0 aromatic carbocycles. The Labute approximate surface area is 502 Å². The Bertz CT molecular complexity index is 2290. The Morgan fingerprint density at radius 2 is 0.893 bits per heavy atom. The quantitative estimate of drug-likeness (QED) is 0.129. The third kappa shape index (κ3) is 21.7. The van der Waals surface area contributed by atoms with Crippen molar-refractivity contribution in [3.63, 3.8) is 0 Å². The molecule has 1 aliphatic rings. The molecule has 1 heterocycles. The maximum Gasteiger partial charge on any atom is 0.246 e. The number of amides is 11. The molecule has 1 saturated heterocycles. The molecule has 1 fully saturated rings. The molecular weight excluding hydrogens is 1080 g/mol. The summed E-state index contributed by atoms with van der Waals surface area (Å²) < 4.78 is 0. The molecule has 0 saturated carbocycles. The standard InChI is InChI=1S/C61H109N11O12/c1-24-26-27-39(15)51(74)50-56(79)64-42(25-2)57(80)67(18)32-47(73)68(19)44(29-34(5)6)55(78)66-48(37(11)12)60(83)69(20)45(30-35(7)8)54(77)63-40(16)52(75)62-41(17)53(76)65-43(28-33(3)4)58(81)70(21)46(31-36(9)10)59(82)71(22)49(38(13)14)61(84)72(50)23/h24,26,33-46,48-51,74H,25,27-32H2,1-23H3,(H,62,75)(H,63,77)(H,64,79)(H,65,76)(H,66,78)/b26-24+/t39-,40+,41-,42+,43+,44+,45+,46+,48+,49+,50+,51-/m1/s1. The first-order valence-corrected chi connectivity index (χ1v) is 30.2. The Morgan fingerprint density at radius 3 is 1.36 bits per heavy atom. The number of carbonyl (C=O) groups is 11. The molecular formula is C61H109N11O12. The molecule has 0 spiro atoms. The summed E-state index contributed by atoms with van der Waals surface area (Å²) in [5.41, 5.74) is 0. The van der Waals surface area contributed by atoms with Crippen molar-refractivity contribution in [3.8, 4) is 0 Å². The third-order valence-electron chi connectivity index (χ3n) is 15.6. The number of nitrogens with one attached hydrogen (secondary N) is 5. The lowest BCUT2D eigenvalue weighted by Gasteiger charge is -2.41.